The lowest BCUT2D eigenvalue weighted by Crippen LogP contribution is -2.01. The predicted octanol–water partition coefficient (Wildman–Crippen LogP) is 2.62. The molecule has 0 bridgehead atoms. The van der Waals surface area contributed by atoms with Gasteiger partial charge in [0, 0.05) is 10.4 Å². The van der Waals surface area contributed by atoms with Crippen LogP contribution in [0.5, 0.6) is 5.75 Å². The monoisotopic (exact) mass is 239 g/mol. The Labute approximate surface area is 96.8 Å². The van der Waals surface area contributed by atoms with E-state index in [9.17, 15) is 9.90 Å². The maximum Gasteiger partial charge on any atom is 0.358 e. The van der Waals surface area contributed by atoms with E-state index in [1.54, 1.807) is 12.1 Å². The molecule has 16 heavy (non-hydrogen) atoms. The Bertz CT molecular complexity index is 574. The minimum atomic E-state index is -0.607. The molecule has 0 amide bonds. The molecule has 0 fully saturated rings. The topological polar surface area (TPSA) is 62.3 Å². The summed E-state index contributed by atoms with van der Waals surface area (Å²) < 4.78 is 4.55. The molecule has 0 saturated heterocycles. The molecule has 2 aromatic rings. The number of nitrogens with one attached hydrogen (secondary N) is 1. The Morgan fingerprint density at radius 2 is 2.19 bits per heavy atom. The lowest BCUT2D eigenvalue weighted by molar-refractivity contribution is 0.0592. The molecule has 0 aliphatic heterocycles. The molecular weight excluding hydrogens is 230 g/mol. The van der Waals surface area contributed by atoms with Gasteiger partial charge in [-0.3, -0.25) is 0 Å². The molecule has 4 nitrogen and oxygen atoms in total. The van der Waals surface area contributed by atoms with Gasteiger partial charge in [-0.2, -0.15) is 0 Å². The summed E-state index contributed by atoms with van der Waals surface area (Å²) in [5.74, 6) is -0.717. The normalized spacial score (nSPS) is 10.7. The van der Waals surface area contributed by atoms with E-state index in [4.69, 9.17) is 11.6 Å². The van der Waals surface area contributed by atoms with Crippen molar-refractivity contribution in [3.8, 4) is 5.75 Å². The van der Waals surface area contributed by atoms with Crippen molar-refractivity contribution in [2.45, 2.75) is 6.92 Å². The third-order valence-electron chi connectivity index (χ3n) is 2.53. The zero-order valence-electron chi connectivity index (χ0n) is 8.80. The Morgan fingerprint density at radius 3 is 2.81 bits per heavy atom. The molecule has 0 spiro atoms. The van der Waals surface area contributed by atoms with E-state index in [-0.39, 0.29) is 11.4 Å². The summed E-state index contributed by atoms with van der Waals surface area (Å²) in [6.07, 6.45) is 0. The van der Waals surface area contributed by atoms with Crippen LogP contribution in [0.1, 0.15) is 16.1 Å². The van der Waals surface area contributed by atoms with Gasteiger partial charge >= 0.3 is 5.97 Å². The number of rotatable bonds is 1. The van der Waals surface area contributed by atoms with Crippen LogP contribution in [0.15, 0.2) is 12.1 Å². The number of aromatic hydroxyl groups is 1. The molecule has 0 aliphatic carbocycles. The first-order chi connectivity index (χ1) is 7.56. The van der Waals surface area contributed by atoms with Crippen molar-refractivity contribution in [1.29, 1.82) is 0 Å². The van der Waals surface area contributed by atoms with E-state index in [1.807, 2.05) is 6.92 Å². The minimum absolute atomic E-state index is 0.0443. The smallest absolute Gasteiger partial charge is 0.358 e. The van der Waals surface area contributed by atoms with Gasteiger partial charge in [-0.1, -0.05) is 11.6 Å². The SMILES string of the molecule is COC(=O)c1[nH]c2c(C)c(Cl)ccc2c1O. The van der Waals surface area contributed by atoms with Gasteiger partial charge in [-0.15, -0.1) is 0 Å². The number of fused-ring (bicyclic) bond motifs is 1. The van der Waals surface area contributed by atoms with Gasteiger partial charge in [0.25, 0.3) is 0 Å². The van der Waals surface area contributed by atoms with Gasteiger partial charge in [-0.25, -0.2) is 4.79 Å². The van der Waals surface area contributed by atoms with Crippen LogP contribution in [0, 0.1) is 6.92 Å². The predicted molar refractivity (Wildman–Crippen MR) is 61.1 cm³/mol. The van der Waals surface area contributed by atoms with E-state index in [2.05, 4.69) is 9.72 Å². The number of halogens is 1. The van der Waals surface area contributed by atoms with Crippen molar-refractivity contribution < 1.29 is 14.6 Å². The number of methoxy groups -OCH3 is 1. The molecule has 0 unspecified atom stereocenters. The second-order valence-corrected chi connectivity index (χ2v) is 3.84. The number of aromatic amines is 1. The summed E-state index contributed by atoms with van der Waals surface area (Å²) in [6, 6.07) is 3.33. The maximum atomic E-state index is 11.4. The number of hydrogen-bond donors (Lipinski definition) is 2. The Balaban J connectivity index is 2.77. The highest BCUT2D eigenvalue weighted by Gasteiger charge is 2.19. The van der Waals surface area contributed by atoms with E-state index in [1.165, 1.54) is 7.11 Å². The fourth-order valence-corrected chi connectivity index (χ4v) is 1.77. The maximum absolute atomic E-state index is 11.4. The van der Waals surface area contributed by atoms with Crippen LogP contribution in [0.25, 0.3) is 10.9 Å². The molecule has 1 aromatic heterocycles. The minimum Gasteiger partial charge on any atom is -0.505 e. The average molecular weight is 240 g/mol. The Hall–Kier alpha value is -1.68. The molecular formula is C11H10ClNO3. The highest BCUT2D eigenvalue weighted by atomic mass is 35.5. The average Bonchev–Trinajstić information content (AvgIpc) is 2.61. The number of aryl methyl sites for hydroxylation is 1. The van der Waals surface area contributed by atoms with Crippen LogP contribution in [-0.2, 0) is 4.74 Å². The molecule has 2 N–H and O–H groups in total. The number of hydrogen-bond acceptors (Lipinski definition) is 3. The number of esters is 1. The summed E-state index contributed by atoms with van der Waals surface area (Å²) in [7, 11) is 1.26. The second-order valence-electron chi connectivity index (χ2n) is 3.44. The fourth-order valence-electron chi connectivity index (χ4n) is 1.61. The zero-order chi connectivity index (χ0) is 11.9. The molecule has 0 atom stereocenters. The summed E-state index contributed by atoms with van der Waals surface area (Å²) in [5, 5.41) is 11.0. The van der Waals surface area contributed by atoms with Crippen LogP contribution < -0.4 is 0 Å². The van der Waals surface area contributed by atoms with Crippen molar-refractivity contribution in [3.63, 3.8) is 0 Å². The highest BCUT2D eigenvalue weighted by Crippen LogP contribution is 2.33. The molecule has 0 saturated carbocycles. The van der Waals surface area contributed by atoms with Gasteiger partial charge in [0.1, 0.15) is 0 Å². The number of H-pyrrole nitrogens is 1. The standard InChI is InChI=1S/C11H10ClNO3/c1-5-7(12)4-3-6-8(5)13-9(10(6)14)11(15)16-2/h3-4,13-14H,1-2H3. The largest absolute Gasteiger partial charge is 0.505 e. The Morgan fingerprint density at radius 1 is 1.50 bits per heavy atom. The molecule has 84 valence electrons. The first-order valence-electron chi connectivity index (χ1n) is 4.64. The van der Waals surface area contributed by atoms with E-state index in [0.29, 0.717) is 15.9 Å². The lowest BCUT2D eigenvalue weighted by Gasteiger charge is -1.98. The van der Waals surface area contributed by atoms with Gasteiger partial charge in [0.05, 0.1) is 12.6 Å². The summed E-state index contributed by atoms with van der Waals surface area (Å²) in [5.41, 5.74) is 1.47. The third kappa shape index (κ3) is 1.42. The third-order valence-corrected chi connectivity index (χ3v) is 2.94. The lowest BCUT2D eigenvalue weighted by atomic mass is 10.1. The fraction of sp³-hybridized carbons (Fsp3) is 0.182. The van der Waals surface area contributed by atoms with Crippen molar-refractivity contribution in [3.05, 3.63) is 28.4 Å². The van der Waals surface area contributed by atoms with E-state index in [0.717, 1.165) is 5.56 Å². The van der Waals surface area contributed by atoms with Crippen molar-refractivity contribution in [2.75, 3.05) is 7.11 Å². The first kappa shape index (κ1) is 10.8. The van der Waals surface area contributed by atoms with Gasteiger partial charge in [0.15, 0.2) is 11.4 Å². The first-order valence-corrected chi connectivity index (χ1v) is 5.02. The number of benzene rings is 1. The van der Waals surface area contributed by atoms with Gasteiger partial charge in [-0.05, 0) is 24.6 Å². The molecule has 2 rings (SSSR count). The number of carbonyl (C=O) groups excluding carboxylic acids is 1. The molecule has 1 aromatic carbocycles. The zero-order valence-corrected chi connectivity index (χ0v) is 9.55. The molecule has 0 aliphatic rings. The second kappa shape index (κ2) is 3.72. The number of aromatic nitrogens is 1. The van der Waals surface area contributed by atoms with Crippen LogP contribution in [-0.4, -0.2) is 23.2 Å². The molecule has 0 radical (unpaired) electrons. The summed E-state index contributed by atoms with van der Waals surface area (Å²) >= 11 is 5.94. The van der Waals surface area contributed by atoms with Gasteiger partial charge < -0.3 is 14.8 Å². The van der Waals surface area contributed by atoms with E-state index >= 15 is 0 Å². The van der Waals surface area contributed by atoms with Crippen LogP contribution in [0.3, 0.4) is 0 Å². The van der Waals surface area contributed by atoms with Crippen molar-refractivity contribution in [1.82, 2.24) is 4.98 Å². The number of carbonyl (C=O) groups is 1. The number of ether oxygens (including phenoxy) is 1. The molecule has 5 heteroatoms. The van der Waals surface area contributed by atoms with Gasteiger partial charge in [0.2, 0.25) is 0 Å². The van der Waals surface area contributed by atoms with Crippen LogP contribution in [0.2, 0.25) is 5.02 Å². The summed E-state index contributed by atoms with van der Waals surface area (Å²) in [6.45, 7) is 1.81. The highest BCUT2D eigenvalue weighted by molar-refractivity contribution is 6.32. The summed E-state index contributed by atoms with van der Waals surface area (Å²) in [4.78, 5) is 14.2. The van der Waals surface area contributed by atoms with Crippen molar-refractivity contribution in [2.24, 2.45) is 0 Å². The quantitative estimate of drug-likeness (QED) is 0.752. The van der Waals surface area contributed by atoms with Crippen LogP contribution in [0.4, 0.5) is 0 Å². The Kier molecular flexibility index (Phi) is 2.52. The van der Waals surface area contributed by atoms with Crippen molar-refractivity contribution >= 4 is 28.5 Å². The molecule has 1 heterocycles. The van der Waals surface area contributed by atoms with E-state index < -0.39 is 5.97 Å². The van der Waals surface area contributed by atoms with Crippen LogP contribution >= 0.6 is 11.6 Å².